The van der Waals surface area contributed by atoms with Gasteiger partial charge in [0.25, 0.3) is 11.8 Å². The summed E-state index contributed by atoms with van der Waals surface area (Å²) in [5, 5.41) is 7.81. The maximum Gasteiger partial charge on any atom is 0.268 e. The summed E-state index contributed by atoms with van der Waals surface area (Å²) in [6, 6.07) is 18.8. The van der Waals surface area contributed by atoms with Crippen molar-refractivity contribution in [1.82, 2.24) is 10.6 Å². The largest absolute Gasteiger partial charge is 0.344 e. The number of hydrogen-bond acceptors (Lipinski definition) is 3. The van der Waals surface area contributed by atoms with Crippen LogP contribution < -0.4 is 10.6 Å². The van der Waals surface area contributed by atoms with Crippen LogP contribution in [0.15, 0.2) is 71.7 Å². The Morgan fingerprint density at radius 2 is 1.77 bits per heavy atom. The Morgan fingerprint density at radius 1 is 1.00 bits per heavy atom. The molecule has 0 fully saturated rings. The Labute approximate surface area is 181 Å². The highest BCUT2D eigenvalue weighted by molar-refractivity contribution is 7.10. The molecule has 0 aliphatic rings. The number of aryl methyl sites for hydroxylation is 2. The lowest BCUT2D eigenvalue weighted by Gasteiger charge is -2.20. The SMILES string of the molecule is CCC(NC(=O)/C(=C/c1cccs1)NC(=O)c1ccccc1)c1ccc(C)c(C)c1. The van der Waals surface area contributed by atoms with E-state index in [1.807, 2.05) is 36.6 Å². The van der Waals surface area contributed by atoms with Crippen molar-refractivity contribution in [3.05, 3.63) is 98.9 Å². The lowest BCUT2D eigenvalue weighted by Crippen LogP contribution is -2.36. The number of benzene rings is 2. The molecule has 1 heterocycles. The molecule has 0 aliphatic carbocycles. The Kier molecular flexibility index (Phi) is 7.20. The second-order valence-electron chi connectivity index (χ2n) is 7.17. The molecule has 5 heteroatoms. The quantitative estimate of drug-likeness (QED) is 0.505. The molecular formula is C25H26N2O2S. The van der Waals surface area contributed by atoms with Crippen molar-refractivity contribution in [2.45, 2.75) is 33.2 Å². The summed E-state index contributed by atoms with van der Waals surface area (Å²) in [5.41, 5.74) is 4.19. The topological polar surface area (TPSA) is 58.2 Å². The molecule has 1 aromatic heterocycles. The van der Waals surface area contributed by atoms with Crippen molar-refractivity contribution in [2.24, 2.45) is 0 Å². The molecule has 2 amide bonds. The van der Waals surface area contributed by atoms with Crippen LogP contribution in [0.4, 0.5) is 0 Å². The molecule has 1 unspecified atom stereocenters. The molecule has 0 spiro atoms. The number of nitrogens with one attached hydrogen (secondary N) is 2. The van der Waals surface area contributed by atoms with Gasteiger partial charge in [0.15, 0.2) is 0 Å². The Hall–Kier alpha value is -3.18. The van der Waals surface area contributed by atoms with Gasteiger partial charge in [0.1, 0.15) is 5.70 Å². The molecule has 154 valence electrons. The van der Waals surface area contributed by atoms with Gasteiger partial charge < -0.3 is 10.6 Å². The number of carbonyl (C=O) groups excluding carboxylic acids is 2. The predicted molar refractivity (Wildman–Crippen MR) is 123 cm³/mol. The molecule has 2 N–H and O–H groups in total. The Bertz CT molecular complexity index is 1040. The van der Waals surface area contributed by atoms with E-state index in [0.29, 0.717) is 5.56 Å². The molecule has 0 saturated carbocycles. The minimum atomic E-state index is -0.312. The number of carbonyl (C=O) groups is 2. The van der Waals surface area contributed by atoms with Gasteiger partial charge in [-0.15, -0.1) is 11.3 Å². The third kappa shape index (κ3) is 5.45. The van der Waals surface area contributed by atoms with Crippen molar-refractivity contribution in [3.8, 4) is 0 Å². The zero-order valence-electron chi connectivity index (χ0n) is 17.4. The molecule has 0 saturated heterocycles. The molecule has 0 bridgehead atoms. The molecule has 3 rings (SSSR count). The fraction of sp³-hybridized carbons (Fsp3) is 0.200. The number of thiophene rings is 1. The smallest absolute Gasteiger partial charge is 0.268 e. The first-order valence-electron chi connectivity index (χ1n) is 9.97. The van der Waals surface area contributed by atoms with Crippen LogP contribution in [-0.2, 0) is 4.79 Å². The summed E-state index contributed by atoms with van der Waals surface area (Å²) in [6.45, 7) is 6.17. The second kappa shape index (κ2) is 10.0. The van der Waals surface area contributed by atoms with Crippen LogP contribution in [0.5, 0.6) is 0 Å². The van der Waals surface area contributed by atoms with Crippen molar-refractivity contribution in [2.75, 3.05) is 0 Å². The third-order valence-corrected chi connectivity index (χ3v) is 5.82. The summed E-state index contributed by atoms with van der Waals surface area (Å²) in [7, 11) is 0. The first kappa shape index (κ1) is 21.5. The predicted octanol–water partition coefficient (Wildman–Crippen LogP) is 5.40. The van der Waals surface area contributed by atoms with E-state index in [1.54, 1.807) is 30.3 Å². The van der Waals surface area contributed by atoms with Crippen LogP contribution in [-0.4, -0.2) is 11.8 Å². The standard InChI is InChI=1S/C25H26N2O2S/c1-4-22(20-13-12-17(2)18(3)15-20)26-25(29)23(16-21-11-8-14-30-21)27-24(28)19-9-6-5-7-10-19/h5-16,22H,4H2,1-3H3,(H,26,29)(H,27,28)/b23-16-. The highest BCUT2D eigenvalue weighted by Crippen LogP contribution is 2.21. The van der Waals surface area contributed by atoms with E-state index in [1.165, 1.54) is 22.5 Å². The summed E-state index contributed by atoms with van der Waals surface area (Å²) in [4.78, 5) is 26.7. The molecule has 1 atom stereocenters. The van der Waals surface area contributed by atoms with Gasteiger partial charge in [-0.25, -0.2) is 0 Å². The molecule has 0 radical (unpaired) electrons. The van der Waals surface area contributed by atoms with E-state index in [-0.39, 0.29) is 23.6 Å². The monoisotopic (exact) mass is 418 g/mol. The van der Waals surface area contributed by atoms with Gasteiger partial charge in [-0.2, -0.15) is 0 Å². The van der Waals surface area contributed by atoms with E-state index >= 15 is 0 Å². The Morgan fingerprint density at radius 3 is 2.40 bits per heavy atom. The van der Waals surface area contributed by atoms with Crippen LogP contribution in [0.3, 0.4) is 0 Å². The number of hydrogen-bond donors (Lipinski definition) is 2. The van der Waals surface area contributed by atoms with Crippen molar-refractivity contribution in [1.29, 1.82) is 0 Å². The van der Waals surface area contributed by atoms with Crippen LogP contribution in [0.2, 0.25) is 0 Å². The van der Waals surface area contributed by atoms with E-state index in [2.05, 4.69) is 36.6 Å². The van der Waals surface area contributed by atoms with Gasteiger partial charge in [0.2, 0.25) is 0 Å². The Balaban J connectivity index is 1.84. The van der Waals surface area contributed by atoms with E-state index < -0.39 is 0 Å². The van der Waals surface area contributed by atoms with Crippen molar-refractivity contribution in [3.63, 3.8) is 0 Å². The summed E-state index contributed by atoms with van der Waals surface area (Å²) < 4.78 is 0. The van der Waals surface area contributed by atoms with Gasteiger partial charge in [0, 0.05) is 10.4 Å². The van der Waals surface area contributed by atoms with Gasteiger partial charge >= 0.3 is 0 Å². The molecule has 0 aliphatic heterocycles. The average Bonchev–Trinajstić information content (AvgIpc) is 3.27. The minimum absolute atomic E-state index is 0.142. The van der Waals surface area contributed by atoms with Crippen LogP contribution >= 0.6 is 11.3 Å². The van der Waals surface area contributed by atoms with Gasteiger partial charge in [0.05, 0.1) is 6.04 Å². The molecular weight excluding hydrogens is 392 g/mol. The van der Waals surface area contributed by atoms with Crippen molar-refractivity contribution < 1.29 is 9.59 Å². The summed E-state index contributed by atoms with van der Waals surface area (Å²) >= 11 is 1.51. The molecule has 4 nitrogen and oxygen atoms in total. The van der Waals surface area contributed by atoms with Gasteiger partial charge in [-0.3, -0.25) is 9.59 Å². The van der Waals surface area contributed by atoms with E-state index in [0.717, 1.165) is 16.9 Å². The third-order valence-electron chi connectivity index (χ3n) is 5.01. The molecule has 2 aromatic carbocycles. The highest BCUT2D eigenvalue weighted by Gasteiger charge is 2.19. The maximum atomic E-state index is 13.1. The fourth-order valence-corrected chi connectivity index (χ4v) is 3.75. The maximum absolute atomic E-state index is 13.1. The summed E-state index contributed by atoms with van der Waals surface area (Å²) in [6.07, 6.45) is 2.46. The van der Waals surface area contributed by atoms with Crippen LogP contribution in [0, 0.1) is 13.8 Å². The first-order valence-corrected chi connectivity index (χ1v) is 10.9. The number of amides is 2. The van der Waals surface area contributed by atoms with Crippen molar-refractivity contribution >= 4 is 29.2 Å². The van der Waals surface area contributed by atoms with Crippen LogP contribution in [0.1, 0.15) is 51.3 Å². The van der Waals surface area contributed by atoms with Gasteiger partial charge in [-0.1, -0.05) is 49.4 Å². The van der Waals surface area contributed by atoms with Crippen LogP contribution in [0.25, 0.3) is 6.08 Å². The lowest BCUT2D eigenvalue weighted by atomic mass is 9.99. The van der Waals surface area contributed by atoms with Gasteiger partial charge in [-0.05, 0) is 66.6 Å². The molecule has 3 aromatic rings. The fourth-order valence-electron chi connectivity index (χ4n) is 3.10. The zero-order valence-corrected chi connectivity index (χ0v) is 18.3. The van der Waals surface area contributed by atoms with E-state index in [4.69, 9.17) is 0 Å². The first-order chi connectivity index (χ1) is 14.5. The lowest BCUT2D eigenvalue weighted by molar-refractivity contribution is -0.118. The highest BCUT2D eigenvalue weighted by atomic mass is 32.1. The summed E-state index contributed by atoms with van der Waals surface area (Å²) in [5.74, 6) is -0.620. The number of rotatable bonds is 7. The minimum Gasteiger partial charge on any atom is -0.344 e. The normalized spacial score (nSPS) is 12.3. The second-order valence-corrected chi connectivity index (χ2v) is 8.15. The average molecular weight is 419 g/mol. The zero-order chi connectivity index (χ0) is 21.5. The molecule has 30 heavy (non-hydrogen) atoms. The van der Waals surface area contributed by atoms with E-state index in [9.17, 15) is 9.59 Å².